The molecule has 0 bridgehead atoms. The number of benzene rings is 1. The third kappa shape index (κ3) is 3.48. The molecule has 0 saturated heterocycles. The van der Waals surface area contributed by atoms with Crippen LogP contribution in [0.5, 0.6) is 0 Å². The van der Waals surface area contributed by atoms with Crippen molar-refractivity contribution in [1.82, 2.24) is 19.9 Å². The van der Waals surface area contributed by atoms with Crippen LogP contribution in [0.4, 0.5) is 11.8 Å². The zero-order chi connectivity index (χ0) is 17.3. The van der Waals surface area contributed by atoms with Gasteiger partial charge in [-0.25, -0.2) is 9.97 Å². The van der Waals surface area contributed by atoms with Gasteiger partial charge >= 0.3 is 7.60 Å². The lowest BCUT2D eigenvalue weighted by molar-refractivity contribution is 0.387. The zero-order valence-corrected chi connectivity index (χ0v) is 13.4. The molecule has 3 aromatic rings. The van der Waals surface area contributed by atoms with E-state index in [1.165, 1.54) is 12.1 Å². The number of nitrogen functional groups attached to an aromatic ring is 2. The van der Waals surface area contributed by atoms with Crippen LogP contribution in [0.25, 0.3) is 11.2 Å². The van der Waals surface area contributed by atoms with Gasteiger partial charge in [0.1, 0.15) is 0 Å². The van der Waals surface area contributed by atoms with E-state index >= 15 is 0 Å². The number of hydrogen-bond donors (Lipinski definition) is 4. The number of fused-ring (bicyclic) bond motifs is 1. The van der Waals surface area contributed by atoms with Crippen molar-refractivity contribution in [3.63, 3.8) is 0 Å². The summed E-state index contributed by atoms with van der Waals surface area (Å²) in [5, 5.41) is -0.00212. The van der Waals surface area contributed by atoms with E-state index in [0.717, 1.165) is 5.56 Å². The standard InChI is InChI=1S/C14H15N6O3P/c15-12-11-13(20-14(16)19-12)17-7-9(18-11)5-4-8-2-1-3-10(6-8)24(21,22)23/h1-3,6-7H,4-5H2,(H2,21,22,23)(H4,15,16,17,19,20). The number of hydrogen-bond acceptors (Lipinski definition) is 7. The predicted octanol–water partition coefficient (Wildman–Crippen LogP) is 0.172. The fourth-order valence-electron chi connectivity index (χ4n) is 2.27. The molecule has 0 unspecified atom stereocenters. The number of nitrogens with two attached hydrogens (primary N) is 2. The van der Waals surface area contributed by atoms with Crippen LogP contribution in [0.15, 0.2) is 30.5 Å². The van der Waals surface area contributed by atoms with Crippen molar-refractivity contribution >= 4 is 35.8 Å². The Morgan fingerprint density at radius 1 is 1.08 bits per heavy atom. The lowest BCUT2D eigenvalue weighted by atomic mass is 10.1. The summed E-state index contributed by atoms with van der Waals surface area (Å²) in [5.74, 6) is 0.201. The van der Waals surface area contributed by atoms with Gasteiger partial charge in [0.15, 0.2) is 17.0 Å². The van der Waals surface area contributed by atoms with Crippen LogP contribution < -0.4 is 16.8 Å². The van der Waals surface area contributed by atoms with Crippen LogP contribution in [0.1, 0.15) is 11.3 Å². The van der Waals surface area contributed by atoms with Crippen LogP contribution in [0, 0.1) is 0 Å². The first-order chi connectivity index (χ1) is 11.3. The molecule has 2 heterocycles. The lowest BCUT2D eigenvalue weighted by Gasteiger charge is -2.07. The third-order valence-corrected chi connectivity index (χ3v) is 4.37. The van der Waals surface area contributed by atoms with Crippen LogP contribution in [-0.4, -0.2) is 29.7 Å². The van der Waals surface area contributed by atoms with E-state index in [9.17, 15) is 14.4 Å². The minimum absolute atomic E-state index is 0.00212. The number of aromatic nitrogens is 4. The summed E-state index contributed by atoms with van der Waals surface area (Å²) < 4.78 is 11.3. The first kappa shape index (κ1) is 16.3. The summed E-state index contributed by atoms with van der Waals surface area (Å²) >= 11 is 0. The summed E-state index contributed by atoms with van der Waals surface area (Å²) in [6.45, 7) is 0. The van der Waals surface area contributed by atoms with E-state index in [1.54, 1.807) is 18.3 Å². The van der Waals surface area contributed by atoms with Crippen molar-refractivity contribution in [1.29, 1.82) is 0 Å². The van der Waals surface area contributed by atoms with Gasteiger partial charge in [0, 0.05) is 0 Å². The Morgan fingerprint density at radius 2 is 1.88 bits per heavy atom. The minimum Gasteiger partial charge on any atom is -0.382 e. The SMILES string of the molecule is Nc1nc(N)c2nc(CCc3cccc(P(=O)(O)O)c3)cnc2n1. The molecule has 124 valence electrons. The van der Waals surface area contributed by atoms with Gasteiger partial charge in [0.2, 0.25) is 5.95 Å². The molecule has 1 aromatic carbocycles. The van der Waals surface area contributed by atoms with Gasteiger partial charge in [-0.2, -0.15) is 9.97 Å². The fraction of sp³-hybridized carbons (Fsp3) is 0.143. The van der Waals surface area contributed by atoms with Crippen molar-refractivity contribution in [2.75, 3.05) is 11.5 Å². The highest BCUT2D eigenvalue weighted by molar-refractivity contribution is 7.60. The molecular formula is C14H15N6O3P. The highest BCUT2D eigenvalue weighted by atomic mass is 31.2. The Labute approximate surface area is 137 Å². The van der Waals surface area contributed by atoms with Crippen LogP contribution in [0.3, 0.4) is 0 Å². The molecule has 24 heavy (non-hydrogen) atoms. The normalized spacial score (nSPS) is 11.8. The zero-order valence-electron chi connectivity index (χ0n) is 12.5. The molecule has 2 aromatic heterocycles. The summed E-state index contributed by atoms with van der Waals surface area (Å²) in [5.41, 5.74) is 13.5. The van der Waals surface area contributed by atoms with Gasteiger partial charge in [-0.15, -0.1) is 0 Å². The van der Waals surface area contributed by atoms with Gasteiger partial charge < -0.3 is 21.3 Å². The Balaban J connectivity index is 1.82. The van der Waals surface area contributed by atoms with Gasteiger partial charge in [-0.1, -0.05) is 12.1 Å². The third-order valence-electron chi connectivity index (χ3n) is 3.42. The molecule has 0 amide bonds. The highest BCUT2D eigenvalue weighted by Gasteiger charge is 2.16. The lowest BCUT2D eigenvalue weighted by Crippen LogP contribution is -2.06. The molecule has 0 aliphatic heterocycles. The second kappa shape index (κ2) is 6.12. The van der Waals surface area contributed by atoms with Gasteiger partial charge in [0.05, 0.1) is 17.2 Å². The van der Waals surface area contributed by atoms with Crippen LogP contribution >= 0.6 is 7.60 Å². The first-order valence-corrected chi connectivity index (χ1v) is 8.64. The van der Waals surface area contributed by atoms with Gasteiger partial charge in [0.25, 0.3) is 0 Å². The molecule has 0 aliphatic rings. The molecule has 0 saturated carbocycles. The summed E-state index contributed by atoms with van der Waals surface area (Å²) in [6, 6.07) is 6.31. The van der Waals surface area contributed by atoms with Gasteiger partial charge in [-0.3, -0.25) is 4.57 Å². The topological polar surface area (TPSA) is 161 Å². The molecule has 0 atom stereocenters. The van der Waals surface area contributed by atoms with E-state index < -0.39 is 7.60 Å². The fourth-order valence-corrected chi connectivity index (χ4v) is 2.88. The van der Waals surface area contributed by atoms with E-state index in [0.29, 0.717) is 29.7 Å². The van der Waals surface area contributed by atoms with Crippen molar-refractivity contribution in [2.24, 2.45) is 0 Å². The molecule has 10 heteroatoms. The maximum atomic E-state index is 11.3. The molecular weight excluding hydrogens is 331 g/mol. The largest absolute Gasteiger partial charge is 0.382 e. The summed E-state index contributed by atoms with van der Waals surface area (Å²) in [7, 11) is -4.26. The Kier molecular flexibility index (Phi) is 4.15. The Bertz CT molecular complexity index is 958. The quantitative estimate of drug-likeness (QED) is 0.482. The van der Waals surface area contributed by atoms with Crippen molar-refractivity contribution in [3.8, 4) is 0 Å². The van der Waals surface area contributed by atoms with Gasteiger partial charge in [-0.05, 0) is 30.5 Å². The maximum Gasteiger partial charge on any atom is 0.356 e. The Hall–Kier alpha value is -2.61. The molecule has 0 radical (unpaired) electrons. The van der Waals surface area contributed by atoms with Crippen LogP contribution in [0.2, 0.25) is 0 Å². The molecule has 0 spiro atoms. The second-order valence-corrected chi connectivity index (χ2v) is 6.82. The molecule has 6 N–H and O–H groups in total. The maximum absolute atomic E-state index is 11.3. The van der Waals surface area contributed by atoms with Crippen molar-refractivity contribution < 1.29 is 14.4 Å². The van der Waals surface area contributed by atoms with E-state index in [1.807, 2.05) is 0 Å². The predicted molar refractivity (Wildman–Crippen MR) is 89.5 cm³/mol. The minimum atomic E-state index is -4.26. The average molecular weight is 346 g/mol. The monoisotopic (exact) mass is 346 g/mol. The average Bonchev–Trinajstić information content (AvgIpc) is 2.52. The summed E-state index contributed by atoms with van der Waals surface area (Å²) in [6.07, 6.45) is 2.64. The number of anilines is 2. The van der Waals surface area contributed by atoms with E-state index in [2.05, 4.69) is 19.9 Å². The second-order valence-electron chi connectivity index (χ2n) is 5.21. The Morgan fingerprint density at radius 3 is 2.62 bits per heavy atom. The number of nitrogens with zero attached hydrogens (tertiary/aromatic N) is 4. The molecule has 3 rings (SSSR count). The van der Waals surface area contributed by atoms with Crippen LogP contribution in [-0.2, 0) is 17.4 Å². The molecule has 9 nitrogen and oxygen atoms in total. The number of aryl methyl sites for hydroxylation is 2. The summed E-state index contributed by atoms with van der Waals surface area (Å²) in [4.78, 5) is 34.8. The van der Waals surface area contributed by atoms with Crippen molar-refractivity contribution in [2.45, 2.75) is 12.8 Å². The highest BCUT2D eigenvalue weighted by Crippen LogP contribution is 2.33. The first-order valence-electron chi connectivity index (χ1n) is 7.02. The number of rotatable bonds is 4. The molecule has 0 fully saturated rings. The smallest absolute Gasteiger partial charge is 0.356 e. The van der Waals surface area contributed by atoms with E-state index in [4.69, 9.17) is 11.5 Å². The van der Waals surface area contributed by atoms with Crippen molar-refractivity contribution in [3.05, 3.63) is 41.7 Å². The van der Waals surface area contributed by atoms with E-state index in [-0.39, 0.29) is 17.1 Å². The molecule has 0 aliphatic carbocycles.